The first-order chi connectivity index (χ1) is 17.3. The number of rotatable bonds is 7. The minimum Gasteiger partial charge on any atom is -0.481 e. The predicted molar refractivity (Wildman–Crippen MR) is 125 cm³/mol. The van der Waals surface area contributed by atoms with Gasteiger partial charge in [-0.2, -0.15) is 0 Å². The van der Waals surface area contributed by atoms with Gasteiger partial charge in [0.1, 0.15) is 12.3 Å². The first-order valence-corrected chi connectivity index (χ1v) is 11.5. The summed E-state index contributed by atoms with van der Waals surface area (Å²) in [6.45, 7) is 0.0944. The second-order valence-corrected chi connectivity index (χ2v) is 8.52. The molecule has 4 rings (SSSR count). The van der Waals surface area contributed by atoms with E-state index in [0.29, 0.717) is 23.7 Å². The van der Waals surface area contributed by atoms with E-state index >= 15 is 0 Å². The van der Waals surface area contributed by atoms with E-state index in [1.165, 1.54) is 5.01 Å². The van der Waals surface area contributed by atoms with Crippen molar-refractivity contribution < 1.29 is 33.9 Å². The molecule has 2 aliphatic rings. The highest BCUT2D eigenvalue weighted by molar-refractivity contribution is 6.07. The normalized spacial score (nSPS) is 18.8. The molecule has 3 N–H and O–H groups in total. The van der Waals surface area contributed by atoms with Crippen LogP contribution in [-0.2, 0) is 19.2 Å². The Morgan fingerprint density at radius 1 is 1.08 bits per heavy atom. The zero-order chi connectivity index (χ0) is 25.8. The van der Waals surface area contributed by atoms with Gasteiger partial charge in [0.2, 0.25) is 11.8 Å². The molecule has 2 fully saturated rings. The van der Waals surface area contributed by atoms with Gasteiger partial charge in [0, 0.05) is 18.5 Å². The molecule has 0 aromatic heterocycles. The Bertz CT molecular complexity index is 1230. The molecule has 0 aliphatic carbocycles. The van der Waals surface area contributed by atoms with Gasteiger partial charge in [-0.3, -0.25) is 24.6 Å². The van der Waals surface area contributed by atoms with Crippen LogP contribution in [0.3, 0.4) is 0 Å². The molecule has 5 amide bonds. The number of hydrogen-bond acceptors (Lipinski definition) is 6. The fourth-order valence-electron chi connectivity index (χ4n) is 4.42. The molecular weight excluding hydrogens is 470 g/mol. The Hall–Kier alpha value is -4.48. The zero-order valence-electron chi connectivity index (χ0n) is 19.3. The molecule has 2 aromatic carbocycles. The number of carbonyl (C=O) groups is 6. The molecule has 0 radical (unpaired) electrons. The molecule has 0 saturated carbocycles. The minimum atomic E-state index is -1.29. The Balaban J connectivity index is 1.57. The molecular formula is C24H25N5O7. The van der Waals surface area contributed by atoms with Crippen molar-refractivity contribution in [3.8, 4) is 0 Å². The topological polar surface area (TPSA) is 156 Å². The molecule has 2 atom stereocenters. The van der Waals surface area contributed by atoms with Crippen molar-refractivity contribution >= 4 is 46.8 Å². The highest BCUT2D eigenvalue weighted by Crippen LogP contribution is 2.24. The van der Waals surface area contributed by atoms with Crippen molar-refractivity contribution in [3.63, 3.8) is 0 Å². The third-order valence-electron chi connectivity index (χ3n) is 6.13. The van der Waals surface area contributed by atoms with Crippen LogP contribution >= 0.6 is 0 Å². The Morgan fingerprint density at radius 2 is 1.83 bits per heavy atom. The smallest absolute Gasteiger partial charge is 0.358 e. The van der Waals surface area contributed by atoms with Crippen molar-refractivity contribution in [2.24, 2.45) is 0 Å². The number of aldehydes is 1. The number of amides is 5. The van der Waals surface area contributed by atoms with E-state index in [1.54, 1.807) is 24.3 Å². The summed E-state index contributed by atoms with van der Waals surface area (Å²) >= 11 is 0. The highest BCUT2D eigenvalue weighted by atomic mass is 16.4. The summed E-state index contributed by atoms with van der Waals surface area (Å²) in [6, 6.07) is 9.24. The van der Waals surface area contributed by atoms with Crippen LogP contribution in [0.15, 0.2) is 42.5 Å². The van der Waals surface area contributed by atoms with Crippen LogP contribution in [0.1, 0.15) is 36.0 Å². The molecule has 2 aliphatic heterocycles. The van der Waals surface area contributed by atoms with E-state index in [9.17, 15) is 28.8 Å². The van der Waals surface area contributed by atoms with Gasteiger partial charge in [-0.1, -0.05) is 36.4 Å². The van der Waals surface area contributed by atoms with Gasteiger partial charge < -0.3 is 15.2 Å². The van der Waals surface area contributed by atoms with E-state index in [0.717, 1.165) is 15.4 Å². The second-order valence-electron chi connectivity index (χ2n) is 8.52. The monoisotopic (exact) mass is 495 g/mol. The summed E-state index contributed by atoms with van der Waals surface area (Å²) in [5.74, 6) is -3.00. The average Bonchev–Trinajstić information content (AvgIpc) is 2.99. The Morgan fingerprint density at radius 3 is 2.58 bits per heavy atom. The molecule has 188 valence electrons. The lowest BCUT2D eigenvalue weighted by Gasteiger charge is -2.42. The van der Waals surface area contributed by atoms with E-state index < -0.39 is 48.2 Å². The quantitative estimate of drug-likeness (QED) is 0.477. The molecule has 2 aromatic rings. The van der Waals surface area contributed by atoms with E-state index in [4.69, 9.17) is 5.11 Å². The highest BCUT2D eigenvalue weighted by Gasteiger charge is 2.44. The van der Waals surface area contributed by atoms with E-state index in [1.807, 2.05) is 18.2 Å². The third-order valence-corrected chi connectivity index (χ3v) is 6.13. The molecule has 0 unspecified atom stereocenters. The van der Waals surface area contributed by atoms with Gasteiger partial charge >= 0.3 is 12.0 Å². The summed E-state index contributed by atoms with van der Waals surface area (Å²) < 4.78 is 0. The number of fused-ring (bicyclic) bond motifs is 2. The van der Waals surface area contributed by atoms with Crippen LogP contribution in [0.5, 0.6) is 0 Å². The van der Waals surface area contributed by atoms with E-state index in [-0.39, 0.29) is 25.9 Å². The standard InChI is InChI=1S/C24H25N5O7/c30-14-16(13-21(32)33)25-23(35)19-9-4-11-28-20(31)10-12-27(24(36)29(19)28)26-22(34)18-8-3-6-15-5-1-2-7-17(15)18/h1-3,5-8,14,16,19H,4,9-13H2,(H,25,35)(H,26,34)(H,32,33)/t16-,19-/m0/s1. The number of aliphatic carboxylic acids is 1. The summed E-state index contributed by atoms with van der Waals surface area (Å²) in [5, 5.41) is 16.0. The maximum Gasteiger partial charge on any atom is 0.358 e. The lowest BCUT2D eigenvalue weighted by Crippen LogP contribution is -2.64. The molecule has 0 bridgehead atoms. The zero-order valence-corrected chi connectivity index (χ0v) is 19.3. The molecule has 2 heterocycles. The number of carboxylic acid groups (broad SMARTS) is 1. The van der Waals surface area contributed by atoms with Crippen LogP contribution in [0.25, 0.3) is 10.8 Å². The predicted octanol–water partition coefficient (Wildman–Crippen LogP) is 0.677. The minimum absolute atomic E-state index is 0.0810. The first kappa shape index (κ1) is 24.6. The number of urea groups is 1. The second kappa shape index (κ2) is 10.4. The molecule has 36 heavy (non-hydrogen) atoms. The molecule has 12 nitrogen and oxygen atoms in total. The van der Waals surface area contributed by atoms with Crippen LogP contribution in [-0.4, -0.2) is 81.3 Å². The number of carboxylic acids is 1. The maximum absolute atomic E-state index is 13.5. The first-order valence-electron chi connectivity index (χ1n) is 11.5. The van der Waals surface area contributed by atoms with E-state index in [2.05, 4.69) is 10.7 Å². The number of carbonyl (C=O) groups excluding carboxylic acids is 5. The number of nitrogens with zero attached hydrogens (tertiary/aromatic N) is 3. The van der Waals surface area contributed by atoms with Gasteiger partial charge in [0.25, 0.3) is 5.91 Å². The number of hydrogen-bond donors (Lipinski definition) is 3. The fourth-order valence-corrected chi connectivity index (χ4v) is 4.42. The summed E-state index contributed by atoms with van der Waals surface area (Å²) in [6.07, 6.45) is 0.207. The Labute approximate surface area is 205 Å². The molecule has 2 saturated heterocycles. The summed E-state index contributed by atoms with van der Waals surface area (Å²) in [7, 11) is 0. The van der Waals surface area contributed by atoms with Crippen LogP contribution in [0.2, 0.25) is 0 Å². The summed E-state index contributed by atoms with van der Waals surface area (Å²) in [4.78, 5) is 74.6. The fraction of sp³-hybridized carbons (Fsp3) is 0.333. The van der Waals surface area contributed by atoms with Gasteiger partial charge in [-0.05, 0) is 29.7 Å². The SMILES string of the molecule is O=C[C@H](CC(=O)O)NC(=O)[C@@H]1CCCN2C(=O)CCN(NC(=O)c3cccc4ccccc34)C(=O)N12. The van der Waals surface area contributed by atoms with Crippen LogP contribution in [0.4, 0.5) is 4.79 Å². The largest absolute Gasteiger partial charge is 0.481 e. The van der Waals surface area contributed by atoms with Crippen LogP contribution < -0.4 is 10.7 Å². The maximum atomic E-state index is 13.5. The van der Waals surface area contributed by atoms with Gasteiger partial charge in [-0.25, -0.2) is 19.8 Å². The number of benzene rings is 2. The molecule has 0 spiro atoms. The van der Waals surface area contributed by atoms with Crippen molar-refractivity contribution in [2.45, 2.75) is 37.8 Å². The van der Waals surface area contributed by atoms with Crippen molar-refractivity contribution in [3.05, 3.63) is 48.0 Å². The van der Waals surface area contributed by atoms with Crippen molar-refractivity contribution in [1.82, 2.24) is 25.8 Å². The Kier molecular flexibility index (Phi) is 7.13. The number of hydrazine groups is 2. The van der Waals surface area contributed by atoms with Gasteiger partial charge in [0.05, 0.1) is 19.0 Å². The lowest BCUT2D eigenvalue weighted by molar-refractivity contribution is -0.155. The van der Waals surface area contributed by atoms with Crippen molar-refractivity contribution in [2.75, 3.05) is 13.1 Å². The van der Waals surface area contributed by atoms with Gasteiger partial charge in [0.15, 0.2) is 0 Å². The van der Waals surface area contributed by atoms with Crippen LogP contribution in [0, 0.1) is 0 Å². The summed E-state index contributed by atoms with van der Waals surface area (Å²) in [5.41, 5.74) is 2.90. The third kappa shape index (κ3) is 4.97. The van der Waals surface area contributed by atoms with Gasteiger partial charge in [-0.15, -0.1) is 0 Å². The number of nitrogens with one attached hydrogen (secondary N) is 2. The lowest BCUT2D eigenvalue weighted by atomic mass is 10.0. The molecule has 12 heteroatoms. The average molecular weight is 495 g/mol. The van der Waals surface area contributed by atoms with Crippen molar-refractivity contribution in [1.29, 1.82) is 0 Å².